The zero-order valence-electron chi connectivity index (χ0n) is 17.9. The molecule has 0 saturated carbocycles. The molecule has 0 bridgehead atoms. The van der Waals surface area contributed by atoms with Crippen molar-refractivity contribution in [2.24, 2.45) is 0 Å². The van der Waals surface area contributed by atoms with Gasteiger partial charge in [-0.3, -0.25) is 14.7 Å². The Bertz CT molecular complexity index is 1040. The zero-order valence-corrected chi connectivity index (χ0v) is 17.9. The van der Waals surface area contributed by atoms with Crippen LogP contribution >= 0.6 is 0 Å². The maximum atomic E-state index is 13.8. The Hall–Kier alpha value is -3.51. The molecule has 3 aromatic rings. The van der Waals surface area contributed by atoms with Gasteiger partial charge in [-0.2, -0.15) is 0 Å². The van der Waals surface area contributed by atoms with Gasteiger partial charge in [-0.05, 0) is 42.0 Å². The molecule has 1 N–H and O–H groups in total. The van der Waals surface area contributed by atoms with Crippen LogP contribution in [0.25, 0.3) is 0 Å². The zero-order chi connectivity index (χ0) is 22.0. The minimum atomic E-state index is -1.30. The highest BCUT2D eigenvalue weighted by Crippen LogP contribution is 2.35. The van der Waals surface area contributed by atoms with E-state index in [2.05, 4.69) is 39.5 Å². The highest BCUT2D eigenvalue weighted by molar-refractivity contribution is 6.09. The monoisotopic (exact) mass is 426 g/mol. The van der Waals surface area contributed by atoms with Gasteiger partial charge in [0.25, 0.3) is 5.91 Å². The molecule has 2 aliphatic heterocycles. The second-order valence-electron chi connectivity index (χ2n) is 8.44. The lowest BCUT2D eigenvalue weighted by Gasteiger charge is -2.34. The molecule has 3 amide bonds. The summed E-state index contributed by atoms with van der Waals surface area (Å²) in [6.45, 7) is 1.98. The van der Waals surface area contributed by atoms with Crippen LogP contribution < -0.4 is 5.32 Å². The van der Waals surface area contributed by atoms with Crippen LogP contribution in [0.3, 0.4) is 0 Å². The molecule has 1 unspecified atom stereocenters. The van der Waals surface area contributed by atoms with Crippen molar-refractivity contribution in [3.63, 3.8) is 0 Å². The van der Waals surface area contributed by atoms with Crippen molar-refractivity contribution in [1.82, 2.24) is 20.1 Å². The molecule has 2 aliphatic rings. The van der Waals surface area contributed by atoms with E-state index in [0.29, 0.717) is 17.2 Å². The number of imide groups is 1. The summed E-state index contributed by atoms with van der Waals surface area (Å²) in [6.07, 6.45) is 3.67. The lowest BCUT2D eigenvalue weighted by atomic mass is 9.86. The molecule has 1 aromatic heterocycles. The Balaban J connectivity index is 1.36. The highest BCUT2D eigenvalue weighted by atomic mass is 16.2. The van der Waals surface area contributed by atoms with Gasteiger partial charge in [-0.1, -0.05) is 66.7 Å². The average Bonchev–Trinajstić information content (AvgIpc) is 3.12. The average molecular weight is 427 g/mol. The van der Waals surface area contributed by atoms with E-state index in [9.17, 15) is 9.59 Å². The number of hydrogen-bond acceptors (Lipinski definition) is 4. The van der Waals surface area contributed by atoms with Gasteiger partial charge in [-0.25, -0.2) is 9.69 Å². The number of nitrogens with one attached hydrogen (secondary N) is 1. The maximum Gasteiger partial charge on any atom is 0.326 e. The SMILES string of the molecule is O=C1NC(c2ccccc2)(c2ccccn2)C(=O)N1CN1CCC(c2ccccc2)CC1. The molecule has 6 nitrogen and oxygen atoms in total. The predicted molar refractivity (Wildman–Crippen MR) is 122 cm³/mol. The topological polar surface area (TPSA) is 65.5 Å². The van der Waals surface area contributed by atoms with Crippen molar-refractivity contribution in [2.45, 2.75) is 24.3 Å². The van der Waals surface area contributed by atoms with Crippen LogP contribution in [0.1, 0.15) is 35.6 Å². The number of carbonyl (C=O) groups excluding carboxylic acids is 2. The van der Waals surface area contributed by atoms with Gasteiger partial charge in [0.05, 0.1) is 12.4 Å². The third-order valence-electron chi connectivity index (χ3n) is 6.56. The van der Waals surface area contributed by atoms with Crippen molar-refractivity contribution in [3.05, 3.63) is 102 Å². The number of benzene rings is 2. The second kappa shape index (κ2) is 8.55. The Kier molecular flexibility index (Phi) is 5.45. The summed E-state index contributed by atoms with van der Waals surface area (Å²) in [4.78, 5) is 34.8. The van der Waals surface area contributed by atoms with Crippen LogP contribution in [0.2, 0.25) is 0 Å². The van der Waals surface area contributed by atoms with E-state index in [0.717, 1.165) is 25.9 Å². The standard InChI is InChI=1S/C26H26N4O2/c31-24-26(22-11-5-2-6-12-22,23-13-7-8-16-27-23)28-25(32)30(24)19-29-17-14-21(15-18-29)20-9-3-1-4-10-20/h1-13,16,21H,14-15,17-19H2,(H,28,32). The lowest BCUT2D eigenvalue weighted by Crippen LogP contribution is -2.47. The molecular weight excluding hydrogens is 400 g/mol. The van der Waals surface area contributed by atoms with Crippen LogP contribution in [-0.2, 0) is 10.3 Å². The molecule has 6 heteroatoms. The molecule has 32 heavy (non-hydrogen) atoms. The molecular formula is C26H26N4O2. The molecule has 0 aliphatic carbocycles. The smallest absolute Gasteiger partial charge is 0.314 e. The van der Waals surface area contributed by atoms with E-state index < -0.39 is 5.54 Å². The fourth-order valence-corrected chi connectivity index (χ4v) is 4.83. The summed E-state index contributed by atoms with van der Waals surface area (Å²) >= 11 is 0. The molecule has 162 valence electrons. The number of carbonyl (C=O) groups is 2. The highest BCUT2D eigenvalue weighted by Gasteiger charge is 2.55. The van der Waals surface area contributed by atoms with Crippen molar-refractivity contribution in [2.75, 3.05) is 19.8 Å². The number of pyridine rings is 1. The van der Waals surface area contributed by atoms with Gasteiger partial charge in [0.2, 0.25) is 0 Å². The van der Waals surface area contributed by atoms with Gasteiger partial charge < -0.3 is 5.32 Å². The second-order valence-corrected chi connectivity index (χ2v) is 8.44. The van der Waals surface area contributed by atoms with Crippen molar-refractivity contribution < 1.29 is 9.59 Å². The quantitative estimate of drug-likeness (QED) is 0.632. The Morgan fingerprint density at radius 1 is 0.875 bits per heavy atom. The molecule has 1 atom stereocenters. The fourth-order valence-electron chi connectivity index (χ4n) is 4.83. The molecule has 3 heterocycles. The number of urea groups is 1. The number of hydrogen-bond donors (Lipinski definition) is 1. The van der Waals surface area contributed by atoms with Crippen molar-refractivity contribution >= 4 is 11.9 Å². The first-order chi connectivity index (χ1) is 15.7. The van der Waals surface area contributed by atoms with Gasteiger partial charge in [0, 0.05) is 19.3 Å². The fraction of sp³-hybridized carbons (Fsp3) is 0.269. The van der Waals surface area contributed by atoms with E-state index in [1.807, 2.05) is 42.5 Å². The van der Waals surface area contributed by atoms with E-state index in [1.54, 1.807) is 18.3 Å². The van der Waals surface area contributed by atoms with Gasteiger partial charge >= 0.3 is 6.03 Å². The van der Waals surface area contributed by atoms with Crippen LogP contribution in [0, 0.1) is 0 Å². The minimum absolute atomic E-state index is 0.280. The van der Waals surface area contributed by atoms with E-state index in [4.69, 9.17) is 0 Å². The molecule has 0 radical (unpaired) electrons. The third-order valence-corrected chi connectivity index (χ3v) is 6.56. The van der Waals surface area contributed by atoms with Crippen LogP contribution in [0.15, 0.2) is 85.1 Å². The summed E-state index contributed by atoms with van der Waals surface area (Å²) < 4.78 is 0. The van der Waals surface area contributed by atoms with Gasteiger partial charge in [0.1, 0.15) is 0 Å². The van der Waals surface area contributed by atoms with Crippen LogP contribution in [0.5, 0.6) is 0 Å². The summed E-state index contributed by atoms with van der Waals surface area (Å²) in [7, 11) is 0. The Labute approximate surface area is 187 Å². The normalized spacial score (nSPS) is 22.2. The summed E-state index contributed by atoms with van der Waals surface area (Å²) in [5, 5.41) is 2.97. The molecule has 2 saturated heterocycles. The van der Waals surface area contributed by atoms with Crippen LogP contribution in [-0.4, -0.2) is 46.5 Å². The summed E-state index contributed by atoms with van der Waals surface area (Å²) in [5.74, 6) is 0.241. The van der Waals surface area contributed by atoms with E-state index in [-0.39, 0.29) is 18.6 Å². The van der Waals surface area contributed by atoms with Crippen molar-refractivity contribution in [1.29, 1.82) is 0 Å². The number of amides is 3. The summed E-state index contributed by atoms with van der Waals surface area (Å²) in [5.41, 5.74) is 1.29. The van der Waals surface area contributed by atoms with Gasteiger partial charge in [-0.15, -0.1) is 0 Å². The molecule has 2 aromatic carbocycles. The van der Waals surface area contributed by atoms with E-state index >= 15 is 0 Å². The number of likely N-dealkylation sites (tertiary alicyclic amines) is 1. The number of rotatable bonds is 5. The Morgan fingerprint density at radius 2 is 1.53 bits per heavy atom. The maximum absolute atomic E-state index is 13.8. The number of nitrogens with zero attached hydrogens (tertiary/aromatic N) is 3. The summed E-state index contributed by atoms with van der Waals surface area (Å²) in [6, 6.07) is 25.0. The number of aromatic nitrogens is 1. The van der Waals surface area contributed by atoms with Crippen molar-refractivity contribution in [3.8, 4) is 0 Å². The van der Waals surface area contributed by atoms with E-state index in [1.165, 1.54) is 10.5 Å². The third kappa shape index (κ3) is 3.56. The Morgan fingerprint density at radius 3 is 2.19 bits per heavy atom. The molecule has 2 fully saturated rings. The minimum Gasteiger partial charge on any atom is -0.314 e. The predicted octanol–water partition coefficient (Wildman–Crippen LogP) is 3.71. The van der Waals surface area contributed by atoms with Gasteiger partial charge in [0.15, 0.2) is 5.54 Å². The first-order valence-corrected chi connectivity index (χ1v) is 11.1. The van der Waals surface area contributed by atoms with Crippen LogP contribution in [0.4, 0.5) is 4.79 Å². The molecule has 5 rings (SSSR count). The first-order valence-electron chi connectivity index (χ1n) is 11.1. The lowest BCUT2D eigenvalue weighted by molar-refractivity contribution is -0.132. The number of piperidine rings is 1. The largest absolute Gasteiger partial charge is 0.326 e. The first kappa shape index (κ1) is 20.4. The molecule has 0 spiro atoms.